The van der Waals surface area contributed by atoms with Gasteiger partial charge >= 0.3 is 5.97 Å². The first-order valence-corrected chi connectivity index (χ1v) is 10.2. The Morgan fingerprint density at radius 3 is 2.77 bits per heavy atom. The topological polar surface area (TPSA) is 100 Å². The molecule has 0 bridgehead atoms. The maximum Gasteiger partial charge on any atom is 0.306 e. The van der Waals surface area contributed by atoms with Gasteiger partial charge in [-0.15, -0.1) is 11.3 Å². The third kappa shape index (κ3) is 5.92. The summed E-state index contributed by atoms with van der Waals surface area (Å²) in [6.07, 6.45) is 2.02. The monoisotopic (exact) mass is 440 g/mol. The average molecular weight is 440 g/mol. The third-order valence-electron chi connectivity index (χ3n) is 4.06. The number of halogens is 1. The highest BCUT2D eigenvalue weighted by Crippen LogP contribution is 2.17. The summed E-state index contributed by atoms with van der Waals surface area (Å²) < 4.78 is 28.9. The number of rotatable bonds is 9. The van der Waals surface area contributed by atoms with Crippen LogP contribution in [0.1, 0.15) is 23.0 Å². The summed E-state index contributed by atoms with van der Waals surface area (Å²) in [6.45, 7) is 0.314. The van der Waals surface area contributed by atoms with Crippen LogP contribution in [0.4, 0.5) is 4.39 Å². The van der Waals surface area contributed by atoms with Gasteiger partial charge in [0.2, 0.25) is 11.7 Å². The quantitative estimate of drug-likeness (QED) is 0.360. The predicted octanol–water partition coefficient (Wildman–Crippen LogP) is 3.98. The van der Waals surface area contributed by atoms with Gasteiger partial charge in [0.25, 0.3) is 0 Å². The Hall–Kier alpha value is -3.66. The van der Waals surface area contributed by atoms with Crippen LogP contribution in [0.2, 0.25) is 0 Å². The molecule has 0 saturated heterocycles. The molecule has 10 heteroatoms. The molecule has 0 radical (unpaired) electrons. The minimum absolute atomic E-state index is 0.0644. The molecule has 4 aromatic rings. The van der Waals surface area contributed by atoms with Crippen molar-refractivity contribution in [3.63, 3.8) is 0 Å². The summed E-state index contributed by atoms with van der Waals surface area (Å²) in [5.74, 6) is 0.554. The van der Waals surface area contributed by atoms with Gasteiger partial charge in [-0.1, -0.05) is 11.2 Å². The zero-order chi connectivity index (χ0) is 21.5. The maximum atomic E-state index is 12.9. The molecule has 3 heterocycles. The highest BCUT2D eigenvalue weighted by Gasteiger charge is 2.13. The van der Waals surface area contributed by atoms with E-state index >= 15 is 0 Å². The molecule has 4 rings (SSSR count). The molecule has 1 aromatic carbocycles. The average Bonchev–Trinajstić information content (AvgIpc) is 3.46. The van der Waals surface area contributed by atoms with E-state index in [1.54, 1.807) is 35.8 Å². The first-order chi connectivity index (χ1) is 15.2. The molecule has 0 aliphatic heterocycles. The van der Waals surface area contributed by atoms with Crippen LogP contribution < -0.4 is 4.74 Å². The van der Waals surface area contributed by atoms with Gasteiger partial charge in [0.15, 0.2) is 0 Å². The van der Waals surface area contributed by atoms with Crippen LogP contribution in [0.25, 0.3) is 11.5 Å². The minimum Gasteiger partial charge on any atom is -0.486 e. The van der Waals surface area contributed by atoms with Crippen LogP contribution in [-0.2, 0) is 29.2 Å². The highest BCUT2D eigenvalue weighted by molar-refractivity contribution is 7.09. The number of esters is 1. The number of nitrogens with zero attached hydrogens (tertiary/aromatic N) is 4. The summed E-state index contributed by atoms with van der Waals surface area (Å²) in [4.78, 5) is 24.8. The summed E-state index contributed by atoms with van der Waals surface area (Å²) in [7, 11) is 0. The fraction of sp³-hybridized carbons (Fsp3) is 0.190. The van der Waals surface area contributed by atoms with Crippen molar-refractivity contribution in [1.82, 2.24) is 20.1 Å². The lowest BCUT2D eigenvalue weighted by Gasteiger charge is -2.03. The standard InChI is InChI=1S/C21H17FN4O4S/c22-14-4-6-16(7-5-14)28-12-19-24-15(13-31-19)11-29-20(27)9-8-18-25-21(26-30-18)17-3-1-2-10-23-17/h1-7,10,13H,8-9,11-12H2. The molecule has 0 amide bonds. The largest absolute Gasteiger partial charge is 0.486 e. The van der Waals surface area contributed by atoms with E-state index in [0.29, 0.717) is 28.9 Å². The van der Waals surface area contributed by atoms with Crippen molar-refractivity contribution in [2.24, 2.45) is 0 Å². The van der Waals surface area contributed by atoms with Crippen LogP contribution >= 0.6 is 11.3 Å². The molecular formula is C21H17FN4O4S. The van der Waals surface area contributed by atoms with Crippen molar-refractivity contribution >= 4 is 17.3 Å². The number of aromatic nitrogens is 4. The molecule has 0 unspecified atom stereocenters. The zero-order valence-electron chi connectivity index (χ0n) is 16.2. The molecule has 0 N–H and O–H groups in total. The van der Waals surface area contributed by atoms with Gasteiger partial charge < -0.3 is 14.0 Å². The molecule has 158 valence electrons. The molecule has 0 atom stereocenters. The first-order valence-electron chi connectivity index (χ1n) is 9.37. The van der Waals surface area contributed by atoms with Crippen molar-refractivity contribution in [2.45, 2.75) is 26.1 Å². The lowest BCUT2D eigenvalue weighted by molar-refractivity contribution is -0.145. The van der Waals surface area contributed by atoms with E-state index < -0.39 is 5.97 Å². The fourth-order valence-electron chi connectivity index (χ4n) is 2.55. The van der Waals surface area contributed by atoms with E-state index in [1.807, 2.05) is 6.07 Å². The normalized spacial score (nSPS) is 10.7. The Morgan fingerprint density at radius 1 is 1.10 bits per heavy atom. The van der Waals surface area contributed by atoms with E-state index in [1.165, 1.54) is 23.5 Å². The lowest BCUT2D eigenvalue weighted by Crippen LogP contribution is -2.06. The number of hydrogen-bond acceptors (Lipinski definition) is 9. The number of pyridine rings is 1. The summed E-state index contributed by atoms with van der Waals surface area (Å²) in [6, 6.07) is 11.2. The number of ether oxygens (including phenoxy) is 2. The Labute approximate surface area is 180 Å². The number of carbonyl (C=O) groups excluding carboxylic acids is 1. The summed E-state index contributed by atoms with van der Waals surface area (Å²) in [5, 5.41) is 6.39. The second kappa shape index (κ2) is 9.90. The molecule has 0 saturated carbocycles. The van der Waals surface area contributed by atoms with E-state index in [0.717, 1.165) is 5.01 Å². The lowest BCUT2D eigenvalue weighted by atomic mass is 10.3. The molecule has 3 aromatic heterocycles. The number of hydrogen-bond donors (Lipinski definition) is 0. The third-order valence-corrected chi connectivity index (χ3v) is 4.93. The molecule has 0 spiro atoms. The van der Waals surface area contributed by atoms with Crippen molar-refractivity contribution in [3.05, 3.63) is 76.5 Å². The second-order valence-corrected chi connectivity index (χ2v) is 7.31. The summed E-state index contributed by atoms with van der Waals surface area (Å²) >= 11 is 1.39. The van der Waals surface area contributed by atoms with Crippen LogP contribution in [0.15, 0.2) is 58.6 Å². The highest BCUT2D eigenvalue weighted by atomic mass is 32.1. The fourth-order valence-corrected chi connectivity index (χ4v) is 3.24. The SMILES string of the molecule is O=C(CCc1nc(-c2ccccn2)no1)OCc1csc(COc2ccc(F)cc2)n1. The molecule has 31 heavy (non-hydrogen) atoms. The Balaban J connectivity index is 1.20. The van der Waals surface area contributed by atoms with E-state index in [4.69, 9.17) is 14.0 Å². The van der Waals surface area contributed by atoms with E-state index in [2.05, 4.69) is 20.1 Å². The van der Waals surface area contributed by atoms with Gasteiger partial charge in [-0.2, -0.15) is 4.98 Å². The van der Waals surface area contributed by atoms with E-state index in [-0.39, 0.29) is 31.9 Å². The number of thiazole rings is 1. The van der Waals surface area contributed by atoms with Crippen LogP contribution in [0.5, 0.6) is 5.75 Å². The number of benzene rings is 1. The van der Waals surface area contributed by atoms with E-state index in [9.17, 15) is 9.18 Å². The van der Waals surface area contributed by atoms with Gasteiger partial charge in [0.05, 0.1) is 12.1 Å². The zero-order valence-corrected chi connectivity index (χ0v) is 17.0. The predicted molar refractivity (Wildman–Crippen MR) is 108 cm³/mol. The Bertz CT molecular complexity index is 1130. The Morgan fingerprint density at radius 2 is 1.97 bits per heavy atom. The number of carbonyl (C=O) groups is 1. The van der Waals surface area contributed by atoms with Gasteiger partial charge in [-0.05, 0) is 36.4 Å². The smallest absolute Gasteiger partial charge is 0.306 e. The molecule has 0 aliphatic rings. The van der Waals surface area contributed by atoms with Gasteiger partial charge in [-0.3, -0.25) is 9.78 Å². The minimum atomic E-state index is -0.394. The number of aryl methyl sites for hydroxylation is 1. The van der Waals surface area contributed by atoms with Crippen LogP contribution in [0, 0.1) is 5.82 Å². The molecule has 0 fully saturated rings. The van der Waals surface area contributed by atoms with Gasteiger partial charge in [0.1, 0.15) is 35.5 Å². The second-order valence-electron chi connectivity index (χ2n) is 6.36. The first kappa shape index (κ1) is 20.6. The maximum absolute atomic E-state index is 12.9. The molecule has 8 nitrogen and oxygen atoms in total. The van der Waals surface area contributed by atoms with Crippen LogP contribution in [0.3, 0.4) is 0 Å². The molecule has 0 aliphatic carbocycles. The Kier molecular flexibility index (Phi) is 6.58. The van der Waals surface area contributed by atoms with Gasteiger partial charge in [-0.25, -0.2) is 9.37 Å². The molecular weight excluding hydrogens is 423 g/mol. The van der Waals surface area contributed by atoms with Crippen molar-refractivity contribution in [2.75, 3.05) is 0 Å². The van der Waals surface area contributed by atoms with Gasteiger partial charge in [0, 0.05) is 18.0 Å². The van der Waals surface area contributed by atoms with Crippen molar-refractivity contribution in [1.29, 1.82) is 0 Å². The summed E-state index contributed by atoms with van der Waals surface area (Å²) in [5.41, 5.74) is 1.23. The van der Waals surface area contributed by atoms with Crippen LogP contribution in [-0.4, -0.2) is 26.1 Å². The van der Waals surface area contributed by atoms with Crippen molar-refractivity contribution < 1.29 is 23.2 Å². The van der Waals surface area contributed by atoms with Crippen molar-refractivity contribution in [3.8, 4) is 17.3 Å².